The molecule has 0 atom stereocenters. The Hall–Kier alpha value is -2.45. The Morgan fingerprint density at radius 1 is 0.846 bits per heavy atom. The third-order valence-electron chi connectivity index (χ3n) is 3.24. The molecule has 0 radical (unpaired) electrons. The Morgan fingerprint density at radius 2 is 1.35 bits per heavy atom. The van der Waals surface area contributed by atoms with E-state index in [0.29, 0.717) is 15.9 Å². The van der Waals surface area contributed by atoms with Crippen LogP contribution in [-0.4, -0.2) is 27.7 Å². The fourth-order valence-corrected chi connectivity index (χ4v) is 3.53. The van der Waals surface area contributed by atoms with Crippen molar-refractivity contribution >= 4 is 51.1 Å². The van der Waals surface area contributed by atoms with Gasteiger partial charge in [0.15, 0.2) is 10.3 Å². The Morgan fingerprint density at radius 3 is 1.85 bits per heavy atom. The number of anilines is 2. The molecule has 0 aromatic heterocycles. The highest BCUT2D eigenvalue weighted by atomic mass is 32.2. The van der Waals surface area contributed by atoms with Gasteiger partial charge in [-0.1, -0.05) is 41.7 Å². The molecule has 2 rings (SSSR count). The largest absolute Gasteiger partial charge is 0.366 e. The summed E-state index contributed by atoms with van der Waals surface area (Å²) in [6.07, 6.45) is 0.888. The van der Waals surface area contributed by atoms with Crippen molar-refractivity contribution < 1.29 is 4.79 Å². The molecule has 0 aliphatic carbocycles. The summed E-state index contributed by atoms with van der Waals surface area (Å²) < 4.78 is 0. The molecule has 0 spiro atoms. The van der Waals surface area contributed by atoms with Gasteiger partial charge in [0.05, 0.1) is 0 Å². The van der Waals surface area contributed by atoms with Crippen LogP contribution >= 0.6 is 23.5 Å². The lowest BCUT2D eigenvalue weighted by Gasteiger charge is -2.09. The average Bonchev–Trinajstić information content (AvgIpc) is 2.62. The number of nitrogens with one attached hydrogen (secondary N) is 4. The van der Waals surface area contributed by atoms with Gasteiger partial charge in [-0.05, 0) is 42.8 Å². The fraction of sp³-hybridized carbons (Fsp3) is 0.167. The molecule has 0 saturated heterocycles. The lowest BCUT2D eigenvalue weighted by atomic mass is 10.2. The number of carbonyl (C=O) groups is 1. The molecule has 0 aliphatic heterocycles. The molecule has 0 fully saturated rings. The first kappa shape index (κ1) is 19.9. The first-order chi connectivity index (χ1) is 12.5. The molecule has 1 amide bonds. The van der Waals surface area contributed by atoms with Crippen LogP contribution in [0.4, 0.5) is 11.4 Å². The molecule has 6 N–H and O–H groups in total. The van der Waals surface area contributed by atoms with Crippen molar-refractivity contribution in [1.29, 1.82) is 10.8 Å². The number of amidine groups is 2. The topological polar surface area (TPSA) is 115 Å². The van der Waals surface area contributed by atoms with Crippen LogP contribution in [0.5, 0.6) is 0 Å². The first-order valence-electron chi connectivity index (χ1n) is 7.96. The molecule has 2 aromatic carbocycles. The van der Waals surface area contributed by atoms with Crippen LogP contribution in [0.1, 0.15) is 16.8 Å². The summed E-state index contributed by atoms with van der Waals surface area (Å²) in [6.45, 7) is 0. The number of primary amides is 1. The normalized spacial score (nSPS) is 10.2. The molecule has 0 bridgehead atoms. The number of hydrogen-bond donors (Lipinski definition) is 5. The molecule has 6 nitrogen and oxygen atoms in total. The van der Waals surface area contributed by atoms with Crippen molar-refractivity contribution in [3.63, 3.8) is 0 Å². The number of thioether (sulfide) groups is 2. The van der Waals surface area contributed by atoms with E-state index in [4.69, 9.17) is 16.6 Å². The molecule has 136 valence electrons. The Kier molecular flexibility index (Phi) is 8.04. The van der Waals surface area contributed by atoms with Gasteiger partial charge in [0.2, 0.25) is 5.91 Å². The van der Waals surface area contributed by atoms with E-state index < -0.39 is 5.91 Å². The molecule has 26 heavy (non-hydrogen) atoms. The lowest BCUT2D eigenvalue weighted by Crippen LogP contribution is -2.11. The molecular formula is C18H21N5OS2. The highest BCUT2D eigenvalue weighted by Gasteiger charge is 2.03. The zero-order chi connectivity index (χ0) is 18.8. The van der Waals surface area contributed by atoms with Gasteiger partial charge < -0.3 is 16.4 Å². The highest BCUT2D eigenvalue weighted by Crippen LogP contribution is 2.15. The van der Waals surface area contributed by atoms with E-state index in [1.54, 1.807) is 24.3 Å². The van der Waals surface area contributed by atoms with Gasteiger partial charge in [0.25, 0.3) is 0 Å². The highest BCUT2D eigenvalue weighted by molar-refractivity contribution is 8.14. The summed E-state index contributed by atoms with van der Waals surface area (Å²) in [5.74, 6) is 1.13. The number of rotatable bonds is 7. The van der Waals surface area contributed by atoms with Crippen molar-refractivity contribution in [2.24, 2.45) is 5.73 Å². The van der Waals surface area contributed by atoms with Crippen LogP contribution in [0.25, 0.3) is 0 Å². The van der Waals surface area contributed by atoms with Crippen LogP contribution in [-0.2, 0) is 0 Å². The SMILES string of the molecule is N=C(Nc1ccccc1)SCCCSC(=N)Nc1ccc(C(N)=O)cc1. The van der Waals surface area contributed by atoms with Crippen LogP contribution < -0.4 is 16.4 Å². The number of para-hydroxylation sites is 1. The second-order valence-electron chi connectivity index (χ2n) is 5.27. The van der Waals surface area contributed by atoms with Gasteiger partial charge in [-0.2, -0.15) is 0 Å². The maximum Gasteiger partial charge on any atom is 0.248 e. The standard InChI is InChI=1S/C18H21N5OS2/c19-16(24)13-7-9-15(10-8-13)23-18(21)26-12-4-11-25-17(20)22-14-5-2-1-3-6-14/h1-3,5-10H,4,11-12H2,(H2,19,24)(H2,20,22)(H2,21,23). The molecule has 0 heterocycles. The molecule has 0 unspecified atom stereocenters. The van der Waals surface area contributed by atoms with Crippen LogP contribution in [0.2, 0.25) is 0 Å². The Balaban J connectivity index is 1.59. The summed E-state index contributed by atoms with van der Waals surface area (Å²) in [6, 6.07) is 16.3. The first-order valence-corrected chi connectivity index (χ1v) is 9.93. The molecule has 8 heteroatoms. The second-order valence-corrected chi connectivity index (χ2v) is 7.48. The molecular weight excluding hydrogens is 366 g/mol. The minimum absolute atomic E-state index is 0.347. The van der Waals surface area contributed by atoms with E-state index in [1.807, 2.05) is 30.3 Å². The average molecular weight is 388 g/mol. The van der Waals surface area contributed by atoms with E-state index in [0.717, 1.165) is 29.3 Å². The van der Waals surface area contributed by atoms with Crippen LogP contribution in [0, 0.1) is 10.8 Å². The Bertz CT molecular complexity index is 750. The number of benzene rings is 2. The summed E-state index contributed by atoms with van der Waals surface area (Å²) >= 11 is 2.87. The summed E-state index contributed by atoms with van der Waals surface area (Å²) in [5.41, 5.74) is 7.30. The molecule has 2 aromatic rings. The smallest absolute Gasteiger partial charge is 0.248 e. The van der Waals surface area contributed by atoms with E-state index in [2.05, 4.69) is 10.6 Å². The fourth-order valence-electron chi connectivity index (χ4n) is 1.98. The maximum atomic E-state index is 11.0. The van der Waals surface area contributed by atoms with Crippen molar-refractivity contribution in [2.45, 2.75) is 6.42 Å². The van der Waals surface area contributed by atoms with Gasteiger partial charge in [-0.3, -0.25) is 15.6 Å². The van der Waals surface area contributed by atoms with Crippen LogP contribution in [0.15, 0.2) is 54.6 Å². The number of hydrogen-bond acceptors (Lipinski definition) is 5. The van der Waals surface area contributed by atoms with Crippen molar-refractivity contribution in [1.82, 2.24) is 0 Å². The third-order valence-corrected chi connectivity index (χ3v) is 5.01. The summed E-state index contributed by atoms with van der Waals surface area (Å²) in [7, 11) is 0. The van der Waals surface area contributed by atoms with Crippen molar-refractivity contribution in [2.75, 3.05) is 22.1 Å². The number of nitrogens with two attached hydrogens (primary N) is 1. The minimum atomic E-state index is -0.467. The van der Waals surface area contributed by atoms with Gasteiger partial charge in [-0.15, -0.1) is 0 Å². The number of amides is 1. The number of carbonyl (C=O) groups excluding carboxylic acids is 1. The zero-order valence-electron chi connectivity index (χ0n) is 14.1. The van der Waals surface area contributed by atoms with E-state index in [1.165, 1.54) is 23.5 Å². The van der Waals surface area contributed by atoms with Crippen molar-refractivity contribution in [3.8, 4) is 0 Å². The lowest BCUT2D eigenvalue weighted by molar-refractivity contribution is 0.100. The van der Waals surface area contributed by atoms with Gasteiger partial charge in [0.1, 0.15) is 0 Å². The van der Waals surface area contributed by atoms with E-state index in [-0.39, 0.29) is 0 Å². The minimum Gasteiger partial charge on any atom is -0.366 e. The van der Waals surface area contributed by atoms with Gasteiger partial charge in [0, 0.05) is 28.4 Å². The van der Waals surface area contributed by atoms with Crippen molar-refractivity contribution in [3.05, 3.63) is 60.2 Å². The van der Waals surface area contributed by atoms with E-state index in [9.17, 15) is 4.79 Å². The van der Waals surface area contributed by atoms with Gasteiger partial charge in [-0.25, -0.2) is 0 Å². The zero-order valence-corrected chi connectivity index (χ0v) is 15.8. The summed E-state index contributed by atoms with van der Waals surface area (Å²) in [5, 5.41) is 22.6. The molecule has 0 saturated carbocycles. The van der Waals surface area contributed by atoms with E-state index >= 15 is 0 Å². The quantitative estimate of drug-likeness (QED) is 0.279. The van der Waals surface area contributed by atoms with Crippen LogP contribution in [0.3, 0.4) is 0 Å². The predicted molar refractivity (Wildman–Crippen MR) is 114 cm³/mol. The Labute approximate surface area is 161 Å². The maximum absolute atomic E-state index is 11.0. The molecule has 0 aliphatic rings. The summed E-state index contributed by atoms with van der Waals surface area (Å²) in [4.78, 5) is 11.0. The van der Waals surface area contributed by atoms with Gasteiger partial charge >= 0.3 is 0 Å². The third kappa shape index (κ3) is 7.20. The predicted octanol–water partition coefficient (Wildman–Crippen LogP) is 4.04. The monoisotopic (exact) mass is 387 g/mol. The second kappa shape index (κ2) is 10.5.